The molecule has 0 N–H and O–H groups in total. The molecule has 0 radical (unpaired) electrons. The largest absolute Gasteiger partial charge is 0.336 e. The fourth-order valence-electron chi connectivity index (χ4n) is 3.75. The van der Waals surface area contributed by atoms with Gasteiger partial charge in [0.1, 0.15) is 0 Å². The van der Waals surface area contributed by atoms with Crippen molar-refractivity contribution in [3.63, 3.8) is 0 Å². The molecule has 8 heteroatoms. The maximum Gasteiger partial charge on any atom is 0.264 e. The number of piperazine rings is 1. The molecular formula is C21H20N6OS. The Kier molecular flexibility index (Phi) is 4.48. The summed E-state index contributed by atoms with van der Waals surface area (Å²) in [6, 6.07) is 18.0. The van der Waals surface area contributed by atoms with Gasteiger partial charge < -0.3 is 9.80 Å². The van der Waals surface area contributed by atoms with Gasteiger partial charge in [0.15, 0.2) is 0 Å². The lowest BCUT2D eigenvalue weighted by Gasteiger charge is -2.34. The average Bonchev–Trinajstić information content (AvgIpc) is 3.39. The van der Waals surface area contributed by atoms with Crippen molar-refractivity contribution >= 4 is 33.3 Å². The minimum absolute atomic E-state index is 0.117. The number of aryl methyl sites for hydroxylation is 1. The van der Waals surface area contributed by atoms with Gasteiger partial charge in [-0.2, -0.15) is 4.68 Å². The van der Waals surface area contributed by atoms with Crippen molar-refractivity contribution in [2.24, 2.45) is 0 Å². The van der Waals surface area contributed by atoms with Crippen LogP contribution in [0.25, 0.3) is 15.8 Å². The van der Waals surface area contributed by atoms with Crippen LogP contribution < -0.4 is 4.90 Å². The summed E-state index contributed by atoms with van der Waals surface area (Å²) < 4.78 is 2.90. The summed E-state index contributed by atoms with van der Waals surface area (Å²) in [5, 5.41) is 13.4. The predicted octanol–water partition coefficient (Wildman–Crippen LogP) is 3.15. The van der Waals surface area contributed by atoms with Crippen LogP contribution in [0.4, 0.5) is 5.95 Å². The second-order valence-electron chi connectivity index (χ2n) is 7.06. The Hall–Kier alpha value is -3.26. The van der Waals surface area contributed by atoms with Crippen molar-refractivity contribution in [3.8, 4) is 5.69 Å². The van der Waals surface area contributed by atoms with Gasteiger partial charge in [0.25, 0.3) is 5.91 Å². The van der Waals surface area contributed by atoms with Gasteiger partial charge in [0, 0.05) is 30.9 Å². The number of tetrazole rings is 1. The number of carbonyl (C=O) groups is 1. The second kappa shape index (κ2) is 7.29. The van der Waals surface area contributed by atoms with Gasteiger partial charge in [0.05, 0.1) is 10.6 Å². The molecular weight excluding hydrogens is 384 g/mol. The lowest BCUT2D eigenvalue weighted by atomic mass is 10.1. The third kappa shape index (κ3) is 3.15. The maximum atomic E-state index is 13.1. The number of benzene rings is 2. The zero-order valence-corrected chi connectivity index (χ0v) is 16.8. The number of amides is 1. The van der Waals surface area contributed by atoms with Gasteiger partial charge in [-0.1, -0.05) is 41.5 Å². The van der Waals surface area contributed by atoms with E-state index in [1.54, 1.807) is 16.0 Å². The molecule has 4 aromatic rings. The first kappa shape index (κ1) is 17.8. The highest BCUT2D eigenvalue weighted by molar-refractivity contribution is 7.21. The van der Waals surface area contributed by atoms with Crippen LogP contribution in [0.5, 0.6) is 0 Å². The smallest absolute Gasteiger partial charge is 0.264 e. The molecule has 3 heterocycles. The third-order valence-corrected chi connectivity index (χ3v) is 6.60. The number of para-hydroxylation sites is 1. The molecule has 1 aliphatic heterocycles. The van der Waals surface area contributed by atoms with Crippen molar-refractivity contribution in [2.75, 3.05) is 31.1 Å². The molecule has 0 atom stereocenters. The second-order valence-corrected chi connectivity index (χ2v) is 8.11. The topological polar surface area (TPSA) is 67.2 Å². The Morgan fingerprint density at radius 2 is 1.69 bits per heavy atom. The number of hydrogen-bond donors (Lipinski definition) is 0. The Bertz CT molecular complexity index is 1160. The number of rotatable bonds is 3. The van der Waals surface area contributed by atoms with Gasteiger partial charge in [-0.25, -0.2) is 0 Å². The lowest BCUT2D eigenvalue weighted by Crippen LogP contribution is -2.49. The Morgan fingerprint density at radius 3 is 2.45 bits per heavy atom. The molecule has 7 nitrogen and oxygen atoms in total. The molecule has 0 aliphatic carbocycles. The first-order chi connectivity index (χ1) is 14.2. The van der Waals surface area contributed by atoms with Crippen molar-refractivity contribution < 1.29 is 4.79 Å². The van der Waals surface area contributed by atoms with Gasteiger partial charge in [-0.15, -0.1) is 11.3 Å². The molecule has 5 rings (SSSR count). The third-order valence-electron chi connectivity index (χ3n) is 5.34. The van der Waals surface area contributed by atoms with E-state index in [0.29, 0.717) is 32.1 Å². The van der Waals surface area contributed by atoms with Crippen LogP contribution in [-0.4, -0.2) is 57.2 Å². The van der Waals surface area contributed by atoms with Gasteiger partial charge >= 0.3 is 0 Å². The Morgan fingerprint density at radius 1 is 0.966 bits per heavy atom. The van der Waals surface area contributed by atoms with Crippen LogP contribution in [0.1, 0.15) is 15.2 Å². The summed E-state index contributed by atoms with van der Waals surface area (Å²) in [6.07, 6.45) is 0. The molecule has 146 valence electrons. The van der Waals surface area contributed by atoms with E-state index in [1.807, 2.05) is 54.3 Å². The predicted molar refractivity (Wildman–Crippen MR) is 114 cm³/mol. The van der Waals surface area contributed by atoms with E-state index in [1.165, 1.54) is 5.39 Å². The van der Waals surface area contributed by atoms with Crippen LogP contribution >= 0.6 is 11.3 Å². The highest BCUT2D eigenvalue weighted by atomic mass is 32.1. The molecule has 0 saturated carbocycles. The van der Waals surface area contributed by atoms with Gasteiger partial charge in [-0.3, -0.25) is 4.79 Å². The Balaban J connectivity index is 1.33. The van der Waals surface area contributed by atoms with Crippen molar-refractivity contribution in [2.45, 2.75) is 6.92 Å². The number of fused-ring (bicyclic) bond motifs is 1. The lowest BCUT2D eigenvalue weighted by molar-refractivity contribution is 0.0750. The highest BCUT2D eigenvalue weighted by Gasteiger charge is 2.27. The standard InChI is InChI=1S/C21H20N6OS/c1-15-17-9-5-6-10-18(17)29-19(15)20(28)25-11-13-26(14-12-25)21-22-23-24-27(21)16-7-3-2-4-8-16/h2-10H,11-14H2,1H3. The minimum Gasteiger partial charge on any atom is -0.336 e. The molecule has 1 fully saturated rings. The Labute approximate surface area is 172 Å². The average molecular weight is 404 g/mol. The number of carbonyl (C=O) groups excluding carboxylic acids is 1. The van der Waals surface area contributed by atoms with E-state index >= 15 is 0 Å². The molecule has 1 aliphatic rings. The van der Waals surface area contributed by atoms with Crippen LogP contribution in [0.3, 0.4) is 0 Å². The number of thiophene rings is 1. The van der Waals surface area contributed by atoms with Crippen LogP contribution in [0.2, 0.25) is 0 Å². The fourth-order valence-corrected chi connectivity index (χ4v) is 4.92. The van der Waals surface area contributed by atoms with E-state index < -0.39 is 0 Å². The van der Waals surface area contributed by atoms with Crippen molar-refractivity contribution in [3.05, 3.63) is 65.0 Å². The van der Waals surface area contributed by atoms with Gasteiger partial charge in [-0.05, 0) is 46.5 Å². The monoisotopic (exact) mass is 404 g/mol. The minimum atomic E-state index is 0.117. The summed E-state index contributed by atoms with van der Waals surface area (Å²) in [4.78, 5) is 18.1. The van der Waals surface area contributed by atoms with Crippen LogP contribution in [-0.2, 0) is 0 Å². The number of aromatic nitrogens is 4. The first-order valence-corrected chi connectivity index (χ1v) is 10.4. The van der Waals surface area contributed by atoms with Crippen LogP contribution in [0, 0.1) is 6.92 Å². The fraction of sp³-hybridized carbons (Fsp3) is 0.238. The molecule has 0 spiro atoms. The maximum absolute atomic E-state index is 13.1. The molecule has 2 aromatic carbocycles. The van der Waals surface area contributed by atoms with E-state index in [4.69, 9.17) is 0 Å². The highest BCUT2D eigenvalue weighted by Crippen LogP contribution is 2.31. The van der Waals surface area contributed by atoms with Crippen molar-refractivity contribution in [1.29, 1.82) is 0 Å². The van der Waals surface area contributed by atoms with E-state index in [-0.39, 0.29) is 5.91 Å². The molecule has 2 aromatic heterocycles. The summed E-state index contributed by atoms with van der Waals surface area (Å²) in [5.41, 5.74) is 2.00. The number of nitrogens with zero attached hydrogens (tertiary/aromatic N) is 6. The molecule has 1 amide bonds. The van der Waals surface area contributed by atoms with Crippen molar-refractivity contribution in [1.82, 2.24) is 25.1 Å². The zero-order chi connectivity index (χ0) is 19.8. The summed E-state index contributed by atoms with van der Waals surface area (Å²) >= 11 is 1.58. The SMILES string of the molecule is Cc1c(C(=O)N2CCN(c3nnnn3-c3ccccc3)CC2)sc2ccccc12. The zero-order valence-electron chi connectivity index (χ0n) is 16.0. The van der Waals surface area contributed by atoms with E-state index in [9.17, 15) is 4.79 Å². The quantitative estimate of drug-likeness (QED) is 0.525. The number of hydrogen-bond acceptors (Lipinski definition) is 6. The summed E-state index contributed by atoms with van der Waals surface area (Å²) in [6.45, 7) is 4.73. The van der Waals surface area contributed by atoms with Gasteiger partial charge in [0.2, 0.25) is 5.95 Å². The van der Waals surface area contributed by atoms with E-state index in [2.05, 4.69) is 32.6 Å². The van der Waals surface area contributed by atoms with E-state index in [0.717, 1.165) is 20.8 Å². The number of anilines is 1. The first-order valence-electron chi connectivity index (χ1n) is 9.58. The van der Waals surface area contributed by atoms with Crippen LogP contribution in [0.15, 0.2) is 54.6 Å². The molecule has 29 heavy (non-hydrogen) atoms. The molecule has 0 bridgehead atoms. The normalized spacial score (nSPS) is 14.5. The molecule has 1 saturated heterocycles. The summed E-state index contributed by atoms with van der Waals surface area (Å²) in [5.74, 6) is 0.826. The molecule has 0 unspecified atom stereocenters. The summed E-state index contributed by atoms with van der Waals surface area (Å²) in [7, 11) is 0.